The standard InChI is InChI=1S/C4H13N4OP.C4H9N4OP/c5-10(6,9)8-3-1-7-2-4-8;5-10(6,9)8-3-1-2-7-4-8/h7H,1-4H2,(H4,5,6,9);1-3H,4H2,(H4,5,6,9). The molecule has 116 valence electrons. The first-order chi connectivity index (χ1) is 9.21. The van der Waals surface area contributed by atoms with Crippen LogP contribution in [0, 0.1) is 0 Å². The van der Waals surface area contributed by atoms with Gasteiger partial charge in [-0.1, -0.05) is 0 Å². The molecule has 0 amide bonds. The molecule has 1 saturated heterocycles. The second-order valence-electron chi connectivity index (χ2n) is 4.30. The van der Waals surface area contributed by atoms with Crippen molar-refractivity contribution < 1.29 is 9.13 Å². The molecule has 9 N–H and O–H groups in total. The first-order valence-corrected chi connectivity index (χ1v) is 9.55. The average molecular weight is 324 g/mol. The third-order valence-electron chi connectivity index (χ3n) is 2.61. The highest BCUT2D eigenvalue weighted by Gasteiger charge is 2.22. The van der Waals surface area contributed by atoms with Gasteiger partial charge in [-0.05, 0) is 6.08 Å². The van der Waals surface area contributed by atoms with Gasteiger partial charge in [-0.3, -0.25) is 40.8 Å². The highest BCUT2D eigenvalue weighted by Crippen LogP contribution is 2.32. The summed E-state index contributed by atoms with van der Waals surface area (Å²) in [4.78, 5) is 3.81. The van der Waals surface area contributed by atoms with E-state index in [1.165, 1.54) is 4.67 Å². The number of hydrogen-bond acceptors (Lipinski definition) is 4. The SMILES string of the molecule is NP(N)(=O)N1C=CC=NC1.NP(N)(=O)N1CCNCC1. The van der Waals surface area contributed by atoms with Crippen molar-refractivity contribution in [2.45, 2.75) is 0 Å². The van der Waals surface area contributed by atoms with Gasteiger partial charge < -0.3 is 5.32 Å². The van der Waals surface area contributed by atoms with E-state index in [1.54, 1.807) is 23.2 Å². The van der Waals surface area contributed by atoms with Crippen LogP contribution in [0.5, 0.6) is 0 Å². The van der Waals surface area contributed by atoms with Crippen molar-refractivity contribution >= 4 is 21.4 Å². The highest BCUT2D eigenvalue weighted by molar-refractivity contribution is 7.56. The molecule has 1 fully saturated rings. The molecule has 0 saturated carbocycles. The summed E-state index contributed by atoms with van der Waals surface area (Å²) >= 11 is 0. The van der Waals surface area contributed by atoms with Gasteiger partial charge >= 0.3 is 7.59 Å². The van der Waals surface area contributed by atoms with Crippen molar-refractivity contribution in [2.75, 3.05) is 32.8 Å². The molecular weight excluding hydrogens is 302 g/mol. The normalized spacial score (nSPS) is 20.5. The number of nitrogens with one attached hydrogen (secondary N) is 1. The van der Waals surface area contributed by atoms with Crippen LogP contribution < -0.4 is 27.3 Å². The zero-order chi connectivity index (χ0) is 15.2. The van der Waals surface area contributed by atoms with Gasteiger partial charge in [0.2, 0.25) is 0 Å². The largest absolute Gasteiger partial charge is 0.314 e. The molecule has 20 heavy (non-hydrogen) atoms. The van der Waals surface area contributed by atoms with Crippen molar-refractivity contribution in [1.82, 2.24) is 14.7 Å². The molecule has 2 heterocycles. The molecule has 0 aliphatic carbocycles. The second kappa shape index (κ2) is 7.44. The number of aliphatic imine (C=N–C) groups is 1. The Bertz CT molecular complexity index is 449. The third-order valence-corrected chi connectivity index (χ3v) is 4.96. The Morgan fingerprint density at radius 3 is 1.95 bits per heavy atom. The summed E-state index contributed by atoms with van der Waals surface area (Å²) in [5, 5.41) is 3.11. The minimum atomic E-state index is -3.11. The molecule has 2 rings (SSSR count). The van der Waals surface area contributed by atoms with Crippen LogP contribution in [0.2, 0.25) is 0 Å². The molecule has 0 unspecified atom stereocenters. The van der Waals surface area contributed by atoms with Crippen LogP contribution in [-0.2, 0) is 9.13 Å². The van der Waals surface area contributed by atoms with Gasteiger partial charge in [0.05, 0.1) is 0 Å². The molecular formula is C8H22N8O2P2. The highest BCUT2D eigenvalue weighted by atomic mass is 31.2. The van der Waals surface area contributed by atoms with E-state index >= 15 is 0 Å². The number of allylic oxidation sites excluding steroid dienone is 1. The molecule has 2 aliphatic heterocycles. The molecule has 10 nitrogen and oxygen atoms in total. The van der Waals surface area contributed by atoms with Crippen LogP contribution in [0.3, 0.4) is 0 Å². The van der Waals surface area contributed by atoms with E-state index < -0.39 is 15.2 Å². The maximum absolute atomic E-state index is 11.0. The van der Waals surface area contributed by atoms with E-state index in [-0.39, 0.29) is 6.67 Å². The van der Waals surface area contributed by atoms with Crippen LogP contribution in [0.1, 0.15) is 0 Å². The molecule has 0 aromatic rings. The van der Waals surface area contributed by atoms with E-state index in [9.17, 15) is 9.13 Å². The Morgan fingerprint density at radius 1 is 1.05 bits per heavy atom. The molecule has 0 bridgehead atoms. The molecule has 0 spiro atoms. The fraction of sp³-hybridized carbons (Fsp3) is 0.625. The number of rotatable bonds is 2. The maximum Gasteiger partial charge on any atom is 0.301 e. The minimum Gasteiger partial charge on any atom is -0.314 e. The van der Waals surface area contributed by atoms with Gasteiger partial charge in [0.1, 0.15) is 6.67 Å². The van der Waals surface area contributed by atoms with Crippen molar-refractivity contribution in [3.05, 3.63) is 12.3 Å². The van der Waals surface area contributed by atoms with Gasteiger partial charge in [0.25, 0.3) is 7.59 Å². The molecule has 0 aromatic carbocycles. The maximum atomic E-state index is 11.0. The lowest BCUT2D eigenvalue weighted by atomic mass is 10.4. The molecule has 0 radical (unpaired) electrons. The lowest BCUT2D eigenvalue weighted by Crippen LogP contribution is -2.44. The predicted molar refractivity (Wildman–Crippen MR) is 80.7 cm³/mol. The Morgan fingerprint density at radius 2 is 1.65 bits per heavy atom. The summed E-state index contributed by atoms with van der Waals surface area (Å²) in [5.74, 6) is 0. The summed E-state index contributed by atoms with van der Waals surface area (Å²) in [6.07, 6.45) is 4.80. The summed E-state index contributed by atoms with van der Waals surface area (Å²) in [6.45, 7) is 3.28. The van der Waals surface area contributed by atoms with E-state index in [0.717, 1.165) is 13.1 Å². The monoisotopic (exact) mass is 324 g/mol. The Labute approximate surface area is 118 Å². The van der Waals surface area contributed by atoms with E-state index in [1.807, 2.05) is 0 Å². The van der Waals surface area contributed by atoms with Crippen molar-refractivity contribution in [2.24, 2.45) is 27.0 Å². The van der Waals surface area contributed by atoms with Crippen LogP contribution in [0.4, 0.5) is 0 Å². The third kappa shape index (κ3) is 6.25. The van der Waals surface area contributed by atoms with Gasteiger partial charge in [0.15, 0.2) is 0 Å². The Kier molecular flexibility index (Phi) is 6.50. The zero-order valence-electron chi connectivity index (χ0n) is 11.1. The van der Waals surface area contributed by atoms with Gasteiger partial charge in [-0.2, -0.15) is 0 Å². The fourth-order valence-corrected chi connectivity index (χ4v) is 2.93. The predicted octanol–water partition coefficient (Wildman–Crippen LogP) is -1.21. The zero-order valence-corrected chi connectivity index (χ0v) is 12.9. The van der Waals surface area contributed by atoms with Gasteiger partial charge in [-0.25, -0.2) is 4.67 Å². The van der Waals surface area contributed by atoms with E-state index in [2.05, 4.69) is 10.3 Å². The summed E-state index contributed by atoms with van der Waals surface area (Å²) < 4.78 is 24.9. The van der Waals surface area contributed by atoms with Gasteiger partial charge in [-0.15, -0.1) is 0 Å². The quantitative estimate of drug-likeness (QED) is 0.391. The topological polar surface area (TPSA) is 169 Å². The number of hydrogen-bond donors (Lipinski definition) is 5. The van der Waals surface area contributed by atoms with Crippen LogP contribution >= 0.6 is 15.2 Å². The average Bonchev–Trinajstić information content (AvgIpc) is 2.40. The van der Waals surface area contributed by atoms with E-state index in [4.69, 9.17) is 22.0 Å². The number of nitrogens with zero attached hydrogens (tertiary/aromatic N) is 3. The second-order valence-corrected chi connectivity index (χ2v) is 8.07. The fourth-order valence-electron chi connectivity index (χ4n) is 1.55. The van der Waals surface area contributed by atoms with E-state index in [0.29, 0.717) is 13.1 Å². The first-order valence-electron chi connectivity index (χ1n) is 5.95. The lowest BCUT2D eigenvalue weighted by molar-refractivity contribution is 0.358. The Balaban J connectivity index is 0.000000200. The van der Waals surface area contributed by atoms with Crippen molar-refractivity contribution in [3.63, 3.8) is 0 Å². The summed E-state index contributed by atoms with van der Waals surface area (Å²) in [7, 11) is -6.06. The smallest absolute Gasteiger partial charge is 0.301 e. The first kappa shape index (κ1) is 17.5. The van der Waals surface area contributed by atoms with Crippen LogP contribution in [0.15, 0.2) is 17.3 Å². The van der Waals surface area contributed by atoms with Gasteiger partial charge in [0, 0.05) is 38.6 Å². The summed E-state index contributed by atoms with van der Waals surface area (Å²) in [5.41, 5.74) is 20.8. The van der Waals surface area contributed by atoms with Crippen LogP contribution in [-0.4, -0.2) is 48.4 Å². The molecule has 0 atom stereocenters. The van der Waals surface area contributed by atoms with Crippen molar-refractivity contribution in [1.29, 1.82) is 0 Å². The number of nitrogens with two attached hydrogens (primary N) is 4. The number of piperazine rings is 1. The summed E-state index contributed by atoms with van der Waals surface area (Å²) in [6, 6.07) is 0. The molecule has 2 aliphatic rings. The lowest BCUT2D eigenvalue weighted by Gasteiger charge is -2.29. The van der Waals surface area contributed by atoms with Crippen molar-refractivity contribution in [3.8, 4) is 0 Å². The molecule has 0 aromatic heterocycles. The Hall–Kier alpha value is -0.570. The molecule has 12 heteroatoms. The minimum absolute atomic E-state index is 0.279. The van der Waals surface area contributed by atoms with Crippen LogP contribution in [0.25, 0.3) is 0 Å².